The minimum absolute atomic E-state index is 0.0420. The van der Waals surface area contributed by atoms with Crippen LogP contribution >= 0.6 is 0 Å². The maximum absolute atomic E-state index is 13.3. The minimum Gasteiger partial charge on any atom is -0.486 e. The largest absolute Gasteiger partial charge is 0.486 e. The summed E-state index contributed by atoms with van der Waals surface area (Å²) in [6.45, 7) is 2.64. The molecule has 0 radical (unpaired) electrons. The molecule has 3 aromatic carbocycles. The smallest absolute Gasteiger partial charge is 0.326 e. The summed E-state index contributed by atoms with van der Waals surface area (Å²) in [7, 11) is 0.0126. The highest BCUT2D eigenvalue weighted by Crippen LogP contribution is 2.25. The van der Waals surface area contributed by atoms with Crippen LogP contribution in [0.5, 0.6) is 5.75 Å². The normalized spacial score (nSPS) is 11.4. The predicted molar refractivity (Wildman–Crippen MR) is 151 cm³/mol. The highest BCUT2D eigenvalue weighted by atomic mass is 32.2. The number of aromatic nitrogens is 2. The fourth-order valence-electron chi connectivity index (χ4n) is 4.17. The third-order valence-electron chi connectivity index (χ3n) is 6.11. The number of hydrogen-bond acceptors (Lipinski definition) is 8. The van der Waals surface area contributed by atoms with E-state index in [0.717, 1.165) is 5.56 Å². The molecule has 4 rings (SSSR count). The van der Waals surface area contributed by atoms with Gasteiger partial charge in [0.15, 0.2) is 0 Å². The second kappa shape index (κ2) is 12.6. The second-order valence-electron chi connectivity index (χ2n) is 9.31. The van der Waals surface area contributed by atoms with Crippen LogP contribution in [0.25, 0.3) is 11.0 Å². The Bertz CT molecular complexity index is 1640. The van der Waals surface area contributed by atoms with Crippen molar-refractivity contribution in [1.29, 1.82) is 5.26 Å². The van der Waals surface area contributed by atoms with E-state index in [1.54, 1.807) is 66.1 Å². The monoisotopic (exact) mass is 561 g/mol. The average molecular weight is 562 g/mol. The summed E-state index contributed by atoms with van der Waals surface area (Å²) in [6.07, 6.45) is 0.587. The number of carbonyl (C=O) groups excluding carboxylic acids is 1. The number of ether oxygens (including phenoxy) is 2. The first-order valence-corrected chi connectivity index (χ1v) is 14.2. The van der Waals surface area contributed by atoms with E-state index in [4.69, 9.17) is 14.7 Å². The van der Waals surface area contributed by atoms with Gasteiger partial charge >= 0.3 is 5.97 Å². The lowest BCUT2D eigenvalue weighted by molar-refractivity contribution is -0.143. The number of esters is 1. The van der Waals surface area contributed by atoms with Gasteiger partial charge in [-0.2, -0.15) is 5.26 Å². The molecule has 0 unspecified atom stereocenters. The van der Waals surface area contributed by atoms with E-state index in [1.807, 2.05) is 31.1 Å². The number of nitrogens with one attached hydrogen (secondary N) is 1. The van der Waals surface area contributed by atoms with E-state index in [9.17, 15) is 13.2 Å². The molecule has 0 aliphatic rings. The van der Waals surface area contributed by atoms with Gasteiger partial charge in [-0.05, 0) is 81.5 Å². The molecule has 40 heavy (non-hydrogen) atoms. The maximum atomic E-state index is 13.3. The molecule has 1 aromatic heterocycles. The zero-order chi connectivity index (χ0) is 28.7. The fraction of sp³-hybridized carbons (Fsp3) is 0.276. The summed E-state index contributed by atoms with van der Waals surface area (Å²) in [5, 5.41) is 9.00. The molecule has 10 nitrogen and oxygen atoms in total. The molecule has 0 spiro atoms. The van der Waals surface area contributed by atoms with Gasteiger partial charge in [-0.15, -0.1) is 0 Å². The first-order valence-electron chi connectivity index (χ1n) is 12.7. The Morgan fingerprint density at radius 2 is 1.85 bits per heavy atom. The van der Waals surface area contributed by atoms with Gasteiger partial charge in [-0.3, -0.25) is 9.52 Å². The van der Waals surface area contributed by atoms with Crippen molar-refractivity contribution >= 4 is 32.7 Å². The Morgan fingerprint density at radius 3 is 2.55 bits per heavy atom. The zero-order valence-electron chi connectivity index (χ0n) is 22.6. The molecular formula is C29H31N5O5S. The lowest BCUT2D eigenvalue weighted by Gasteiger charge is -2.14. The van der Waals surface area contributed by atoms with Crippen molar-refractivity contribution in [2.24, 2.45) is 0 Å². The number of hydrogen-bond donors (Lipinski definition) is 1. The number of rotatable bonds is 12. The molecule has 1 N–H and O–H groups in total. The summed E-state index contributed by atoms with van der Waals surface area (Å²) in [5.74, 6) is 0.567. The molecule has 0 saturated heterocycles. The summed E-state index contributed by atoms with van der Waals surface area (Å²) in [5.41, 5.74) is 2.70. The lowest BCUT2D eigenvalue weighted by Crippen LogP contribution is -2.19. The Hall–Kier alpha value is -4.40. The van der Waals surface area contributed by atoms with Gasteiger partial charge in [-0.1, -0.05) is 18.2 Å². The van der Waals surface area contributed by atoms with Gasteiger partial charge in [0.05, 0.1) is 39.9 Å². The molecule has 0 fully saturated rings. The number of likely N-dealkylation sites (N-methyl/N-ethyl adjacent to an activating group) is 1. The van der Waals surface area contributed by atoms with Crippen LogP contribution in [-0.2, 0) is 39.1 Å². The van der Waals surface area contributed by atoms with Gasteiger partial charge in [0.2, 0.25) is 0 Å². The average Bonchev–Trinajstić information content (AvgIpc) is 3.27. The highest BCUT2D eigenvalue weighted by molar-refractivity contribution is 7.92. The van der Waals surface area contributed by atoms with Crippen LogP contribution in [0.4, 0.5) is 5.69 Å². The standard InChI is InChI=1S/C29H31N5O5S/c1-4-38-29(35)19-34-26-14-11-23(32-40(36,37)27-8-6-5-7-22(27)15-16-33(2)3)17-25(26)31-28(34)20-39-24-12-9-21(18-30)10-13-24/h5-14,17,32H,4,15-16,19-20H2,1-3H3. The van der Waals surface area contributed by atoms with E-state index >= 15 is 0 Å². The summed E-state index contributed by atoms with van der Waals surface area (Å²) in [4.78, 5) is 19.2. The zero-order valence-corrected chi connectivity index (χ0v) is 23.4. The van der Waals surface area contributed by atoms with Gasteiger partial charge in [0, 0.05) is 6.54 Å². The Morgan fingerprint density at radius 1 is 1.10 bits per heavy atom. The van der Waals surface area contributed by atoms with Crippen LogP contribution < -0.4 is 9.46 Å². The molecular weight excluding hydrogens is 530 g/mol. The van der Waals surface area contributed by atoms with Gasteiger partial charge in [-0.25, -0.2) is 13.4 Å². The van der Waals surface area contributed by atoms with E-state index < -0.39 is 16.0 Å². The Balaban J connectivity index is 1.62. The lowest BCUT2D eigenvalue weighted by atomic mass is 10.1. The van der Waals surface area contributed by atoms with Crippen molar-refractivity contribution < 1.29 is 22.7 Å². The van der Waals surface area contributed by atoms with Crippen molar-refractivity contribution in [3.8, 4) is 11.8 Å². The quantitative estimate of drug-likeness (QED) is 0.258. The van der Waals surface area contributed by atoms with E-state index in [0.29, 0.717) is 46.8 Å². The molecule has 0 aliphatic heterocycles. The summed E-state index contributed by atoms with van der Waals surface area (Å²) >= 11 is 0. The fourth-order valence-corrected chi connectivity index (χ4v) is 5.49. The van der Waals surface area contributed by atoms with Crippen molar-refractivity contribution in [2.75, 3.05) is 32.0 Å². The van der Waals surface area contributed by atoms with Crippen LogP contribution in [0.3, 0.4) is 0 Å². The maximum Gasteiger partial charge on any atom is 0.326 e. The molecule has 0 atom stereocenters. The molecule has 11 heteroatoms. The van der Waals surface area contributed by atoms with E-state index in [-0.39, 0.29) is 24.7 Å². The van der Waals surface area contributed by atoms with Crippen LogP contribution in [0.2, 0.25) is 0 Å². The van der Waals surface area contributed by atoms with Crippen molar-refractivity contribution in [3.05, 3.63) is 83.7 Å². The van der Waals surface area contributed by atoms with Crippen LogP contribution in [-0.4, -0.2) is 56.1 Å². The summed E-state index contributed by atoms with van der Waals surface area (Å²) in [6, 6.07) is 20.6. The second-order valence-corrected chi connectivity index (χ2v) is 11.0. The SMILES string of the molecule is CCOC(=O)Cn1c(COc2ccc(C#N)cc2)nc2cc(NS(=O)(=O)c3ccccc3CCN(C)C)ccc21. The number of nitrogens with zero attached hydrogens (tertiary/aromatic N) is 4. The first kappa shape index (κ1) is 28.6. The van der Waals surface area contributed by atoms with Crippen molar-refractivity contribution in [1.82, 2.24) is 14.5 Å². The number of carbonyl (C=O) groups is 1. The minimum atomic E-state index is -3.87. The topological polar surface area (TPSA) is 127 Å². The van der Waals surface area contributed by atoms with Gasteiger partial charge in [0.25, 0.3) is 10.0 Å². The van der Waals surface area contributed by atoms with Crippen molar-refractivity contribution in [2.45, 2.75) is 31.4 Å². The van der Waals surface area contributed by atoms with Gasteiger partial charge < -0.3 is 18.9 Å². The number of nitriles is 1. The number of sulfonamides is 1. The Labute approximate surface area is 233 Å². The number of benzene rings is 3. The van der Waals surface area contributed by atoms with Crippen LogP contribution in [0.15, 0.2) is 71.6 Å². The van der Waals surface area contributed by atoms with Crippen molar-refractivity contribution in [3.63, 3.8) is 0 Å². The molecule has 0 bridgehead atoms. The van der Waals surface area contributed by atoms with E-state index in [2.05, 4.69) is 15.8 Å². The third-order valence-corrected chi connectivity index (χ3v) is 7.60. The van der Waals surface area contributed by atoms with Crippen LogP contribution in [0, 0.1) is 11.3 Å². The third kappa shape index (κ3) is 6.97. The van der Waals surface area contributed by atoms with E-state index in [1.165, 1.54) is 0 Å². The molecule has 1 heterocycles. The highest BCUT2D eigenvalue weighted by Gasteiger charge is 2.20. The molecule has 0 aliphatic carbocycles. The van der Waals surface area contributed by atoms with Gasteiger partial charge in [0.1, 0.15) is 24.7 Å². The summed E-state index contributed by atoms with van der Waals surface area (Å²) < 4.78 is 42.1. The molecule has 0 saturated carbocycles. The molecule has 208 valence electrons. The predicted octanol–water partition coefficient (Wildman–Crippen LogP) is 3.95. The number of anilines is 1. The Kier molecular flexibility index (Phi) is 9.04. The molecule has 4 aromatic rings. The first-order chi connectivity index (χ1) is 19.2. The number of imidazole rings is 1. The van der Waals surface area contributed by atoms with Crippen LogP contribution in [0.1, 0.15) is 23.9 Å². The number of fused-ring (bicyclic) bond motifs is 1. The molecule has 0 amide bonds.